The van der Waals surface area contributed by atoms with Crippen molar-refractivity contribution in [2.75, 3.05) is 7.05 Å². The SMILES string of the molecule is CNC(C)c1ccc(OC(C)C(C)C)cc1Cl. The van der Waals surface area contributed by atoms with E-state index in [-0.39, 0.29) is 12.1 Å². The Kier molecular flexibility index (Phi) is 5.29. The molecule has 1 aromatic rings. The van der Waals surface area contributed by atoms with Crippen molar-refractivity contribution in [3.8, 4) is 5.75 Å². The van der Waals surface area contributed by atoms with Crippen molar-refractivity contribution < 1.29 is 4.74 Å². The summed E-state index contributed by atoms with van der Waals surface area (Å²) >= 11 is 6.25. The lowest BCUT2D eigenvalue weighted by molar-refractivity contribution is 0.170. The van der Waals surface area contributed by atoms with E-state index in [2.05, 4.69) is 33.0 Å². The van der Waals surface area contributed by atoms with E-state index in [1.54, 1.807) is 0 Å². The molecule has 1 aromatic carbocycles. The average Bonchev–Trinajstić information content (AvgIpc) is 2.28. The monoisotopic (exact) mass is 255 g/mol. The largest absolute Gasteiger partial charge is 0.490 e. The van der Waals surface area contributed by atoms with Gasteiger partial charge < -0.3 is 10.1 Å². The molecule has 0 amide bonds. The summed E-state index contributed by atoms with van der Waals surface area (Å²) < 4.78 is 5.82. The predicted octanol–water partition coefficient (Wildman–Crippen LogP) is 4.04. The Morgan fingerprint density at radius 3 is 2.29 bits per heavy atom. The Morgan fingerprint density at radius 1 is 1.18 bits per heavy atom. The van der Waals surface area contributed by atoms with Gasteiger partial charge in [0, 0.05) is 11.1 Å². The van der Waals surface area contributed by atoms with Crippen molar-refractivity contribution in [1.29, 1.82) is 0 Å². The van der Waals surface area contributed by atoms with E-state index in [4.69, 9.17) is 16.3 Å². The topological polar surface area (TPSA) is 21.3 Å². The van der Waals surface area contributed by atoms with Gasteiger partial charge in [-0.3, -0.25) is 0 Å². The minimum atomic E-state index is 0.193. The number of benzene rings is 1. The van der Waals surface area contributed by atoms with Crippen molar-refractivity contribution in [3.63, 3.8) is 0 Å². The summed E-state index contributed by atoms with van der Waals surface area (Å²) in [4.78, 5) is 0. The van der Waals surface area contributed by atoms with Gasteiger partial charge in [0.1, 0.15) is 5.75 Å². The molecule has 96 valence electrons. The quantitative estimate of drug-likeness (QED) is 0.857. The van der Waals surface area contributed by atoms with Crippen molar-refractivity contribution in [1.82, 2.24) is 5.32 Å². The molecule has 0 aliphatic heterocycles. The first-order valence-corrected chi connectivity index (χ1v) is 6.46. The van der Waals surface area contributed by atoms with E-state index >= 15 is 0 Å². The molecule has 2 atom stereocenters. The van der Waals surface area contributed by atoms with E-state index in [9.17, 15) is 0 Å². The van der Waals surface area contributed by atoms with Crippen LogP contribution in [0.4, 0.5) is 0 Å². The summed E-state index contributed by atoms with van der Waals surface area (Å²) in [7, 11) is 1.92. The van der Waals surface area contributed by atoms with Crippen LogP contribution in [0, 0.1) is 5.92 Å². The van der Waals surface area contributed by atoms with Gasteiger partial charge in [-0.15, -0.1) is 0 Å². The van der Waals surface area contributed by atoms with Crippen molar-refractivity contribution in [3.05, 3.63) is 28.8 Å². The molecule has 0 radical (unpaired) electrons. The van der Waals surface area contributed by atoms with Crippen LogP contribution in [-0.2, 0) is 0 Å². The molecule has 3 heteroatoms. The third-order valence-corrected chi connectivity index (χ3v) is 3.46. The van der Waals surface area contributed by atoms with Gasteiger partial charge >= 0.3 is 0 Å². The van der Waals surface area contributed by atoms with Crippen molar-refractivity contribution >= 4 is 11.6 Å². The van der Waals surface area contributed by atoms with Gasteiger partial charge in [-0.1, -0.05) is 31.5 Å². The average molecular weight is 256 g/mol. The molecule has 0 saturated heterocycles. The third-order valence-electron chi connectivity index (χ3n) is 3.13. The fourth-order valence-electron chi connectivity index (χ4n) is 1.44. The molecule has 0 bridgehead atoms. The Hall–Kier alpha value is -0.730. The highest BCUT2D eigenvalue weighted by Gasteiger charge is 2.12. The number of hydrogen-bond acceptors (Lipinski definition) is 2. The second-order valence-electron chi connectivity index (χ2n) is 4.76. The van der Waals surface area contributed by atoms with Gasteiger partial charge in [0.05, 0.1) is 6.10 Å². The summed E-state index contributed by atoms with van der Waals surface area (Å²) in [5.74, 6) is 1.33. The second-order valence-corrected chi connectivity index (χ2v) is 5.17. The molecule has 2 nitrogen and oxygen atoms in total. The third kappa shape index (κ3) is 3.90. The van der Waals surface area contributed by atoms with Gasteiger partial charge in [-0.05, 0) is 44.5 Å². The number of halogens is 1. The van der Waals surface area contributed by atoms with Crippen LogP contribution in [0.3, 0.4) is 0 Å². The highest BCUT2D eigenvalue weighted by molar-refractivity contribution is 6.31. The van der Waals surface area contributed by atoms with E-state index in [0.717, 1.165) is 16.3 Å². The normalized spacial score (nSPS) is 14.8. The van der Waals surface area contributed by atoms with Crippen LogP contribution in [0.1, 0.15) is 39.3 Å². The minimum absolute atomic E-state index is 0.193. The van der Waals surface area contributed by atoms with Crippen LogP contribution in [0.25, 0.3) is 0 Å². The smallest absolute Gasteiger partial charge is 0.121 e. The molecule has 17 heavy (non-hydrogen) atoms. The molecule has 1 N–H and O–H groups in total. The Balaban J connectivity index is 2.82. The maximum Gasteiger partial charge on any atom is 0.121 e. The molecule has 0 saturated carbocycles. The van der Waals surface area contributed by atoms with Crippen LogP contribution in [0.2, 0.25) is 5.02 Å². The van der Waals surface area contributed by atoms with E-state index in [1.165, 1.54) is 0 Å². The fourth-order valence-corrected chi connectivity index (χ4v) is 1.77. The first-order valence-electron chi connectivity index (χ1n) is 6.09. The number of nitrogens with one attached hydrogen (secondary N) is 1. The number of ether oxygens (including phenoxy) is 1. The van der Waals surface area contributed by atoms with Crippen LogP contribution < -0.4 is 10.1 Å². The van der Waals surface area contributed by atoms with Gasteiger partial charge in [-0.25, -0.2) is 0 Å². The molecule has 1 rings (SSSR count). The van der Waals surface area contributed by atoms with Crippen LogP contribution >= 0.6 is 11.6 Å². The molecule has 2 unspecified atom stereocenters. The molecule has 0 aromatic heterocycles. The molecular weight excluding hydrogens is 234 g/mol. The zero-order valence-corrected chi connectivity index (χ0v) is 12.0. The van der Waals surface area contributed by atoms with Crippen molar-refractivity contribution in [2.24, 2.45) is 5.92 Å². The van der Waals surface area contributed by atoms with Crippen molar-refractivity contribution in [2.45, 2.75) is 39.8 Å². The Bertz CT molecular complexity index is 365. The maximum atomic E-state index is 6.25. The highest BCUT2D eigenvalue weighted by atomic mass is 35.5. The van der Waals surface area contributed by atoms with Crippen LogP contribution in [0.15, 0.2) is 18.2 Å². The summed E-state index contributed by atoms with van der Waals surface area (Å²) in [6, 6.07) is 6.14. The summed E-state index contributed by atoms with van der Waals surface area (Å²) in [5, 5.41) is 3.93. The first-order chi connectivity index (χ1) is 7.95. The summed E-state index contributed by atoms with van der Waals surface area (Å²) in [6.45, 7) is 8.44. The lowest BCUT2D eigenvalue weighted by atomic mass is 10.1. The molecule has 0 aliphatic rings. The molecular formula is C14H22ClNO. The number of rotatable bonds is 5. The lowest BCUT2D eigenvalue weighted by Crippen LogP contribution is -2.18. The Morgan fingerprint density at radius 2 is 1.82 bits per heavy atom. The first kappa shape index (κ1) is 14.3. The zero-order chi connectivity index (χ0) is 13.0. The Labute approximate surface area is 109 Å². The number of hydrogen-bond donors (Lipinski definition) is 1. The zero-order valence-electron chi connectivity index (χ0n) is 11.3. The minimum Gasteiger partial charge on any atom is -0.490 e. The van der Waals surface area contributed by atoms with Gasteiger partial charge in [-0.2, -0.15) is 0 Å². The predicted molar refractivity (Wildman–Crippen MR) is 73.9 cm³/mol. The summed E-state index contributed by atoms with van der Waals surface area (Å²) in [5.41, 5.74) is 1.10. The van der Waals surface area contributed by atoms with Gasteiger partial charge in [0.2, 0.25) is 0 Å². The highest BCUT2D eigenvalue weighted by Crippen LogP contribution is 2.28. The van der Waals surface area contributed by atoms with Gasteiger partial charge in [0.25, 0.3) is 0 Å². The molecule has 0 fully saturated rings. The summed E-state index contributed by atoms with van der Waals surface area (Å²) in [6.07, 6.45) is 0.193. The lowest BCUT2D eigenvalue weighted by Gasteiger charge is -2.19. The second kappa shape index (κ2) is 6.27. The fraction of sp³-hybridized carbons (Fsp3) is 0.571. The van der Waals surface area contributed by atoms with E-state index < -0.39 is 0 Å². The van der Waals surface area contributed by atoms with E-state index in [0.29, 0.717) is 5.92 Å². The molecule has 0 spiro atoms. The molecule has 0 heterocycles. The van der Waals surface area contributed by atoms with Crippen LogP contribution in [0.5, 0.6) is 5.75 Å². The molecule has 0 aliphatic carbocycles. The standard InChI is InChI=1S/C14H22ClNO/c1-9(2)11(4)17-12-6-7-13(10(3)16-5)14(15)8-12/h6-11,16H,1-5H3. The van der Waals surface area contributed by atoms with Crippen LogP contribution in [-0.4, -0.2) is 13.2 Å². The maximum absolute atomic E-state index is 6.25. The van der Waals surface area contributed by atoms with Gasteiger partial charge in [0.15, 0.2) is 0 Å². The van der Waals surface area contributed by atoms with E-state index in [1.807, 2.05) is 25.2 Å².